The largest absolute Gasteiger partial charge is 0.491 e. The predicted molar refractivity (Wildman–Crippen MR) is 71.0 cm³/mol. The molecule has 0 heterocycles. The highest BCUT2D eigenvalue weighted by molar-refractivity contribution is 6.37. The number of nitrogens with one attached hydrogen (secondary N) is 1. The second-order valence-electron chi connectivity index (χ2n) is 3.48. The molecule has 0 aliphatic carbocycles. The summed E-state index contributed by atoms with van der Waals surface area (Å²) in [5, 5.41) is 4.37. The fraction of sp³-hybridized carbons (Fsp3) is 0.500. The number of hydrogen-bond acceptors (Lipinski definition) is 2. The Morgan fingerprint density at radius 1 is 1.19 bits per heavy atom. The van der Waals surface area contributed by atoms with Gasteiger partial charge in [0.15, 0.2) is 5.75 Å². The zero-order chi connectivity index (χ0) is 12.0. The minimum absolute atomic E-state index is 0.549. The van der Waals surface area contributed by atoms with Crippen LogP contribution in [0.3, 0.4) is 0 Å². The summed E-state index contributed by atoms with van der Waals surface area (Å²) in [4.78, 5) is 0. The maximum Gasteiger partial charge on any atom is 0.156 e. The normalized spacial score (nSPS) is 10.2. The molecule has 0 bridgehead atoms. The summed E-state index contributed by atoms with van der Waals surface area (Å²) >= 11 is 12.2. The fourth-order valence-electron chi connectivity index (χ4n) is 1.35. The zero-order valence-electron chi connectivity index (χ0n) is 9.65. The lowest BCUT2D eigenvalue weighted by Gasteiger charge is -2.11. The van der Waals surface area contributed by atoms with E-state index in [0.29, 0.717) is 22.4 Å². The SMILES string of the molecule is CCCCNc1cc(Cl)c(OCC)c(Cl)c1. The maximum atomic E-state index is 6.08. The first-order valence-corrected chi connectivity index (χ1v) is 6.30. The lowest BCUT2D eigenvalue weighted by atomic mass is 10.2. The van der Waals surface area contributed by atoms with Crippen molar-refractivity contribution in [3.05, 3.63) is 22.2 Å². The number of benzene rings is 1. The van der Waals surface area contributed by atoms with Crippen molar-refractivity contribution in [1.82, 2.24) is 0 Å². The summed E-state index contributed by atoms with van der Waals surface area (Å²) in [6.07, 6.45) is 2.29. The van der Waals surface area contributed by atoms with Gasteiger partial charge in [0.2, 0.25) is 0 Å². The molecular weight excluding hydrogens is 245 g/mol. The van der Waals surface area contributed by atoms with E-state index in [9.17, 15) is 0 Å². The lowest BCUT2D eigenvalue weighted by molar-refractivity contribution is 0.340. The summed E-state index contributed by atoms with van der Waals surface area (Å²) < 4.78 is 5.36. The van der Waals surface area contributed by atoms with Gasteiger partial charge in [0.05, 0.1) is 16.7 Å². The van der Waals surface area contributed by atoms with Crippen molar-refractivity contribution in [2.45, 2.75) is 26.7 Å². The van der Waals surface area contributed by atoms with Gasteiger partial charge in [-0.1, -0.05) is 36.5 Å². The van der Waals surface area contributed by atoms with Crippen molar-refractivity contribution in [3.8, 4) is 5.75 Å². The number of ether oxygens (including phenoxy) is 1. The number of rotatable bonds is 6. The van der Waals surface area contributed by atoms with Crippen LogP contribution in [0.2, 0.25) is 10.0 Å². The Hall–Kier alpha value is -0.600. The average Bonchev–Trinajstić information content (AvgIpc) is 2.24. The lowest BCUT2D eigenvalue weighted by Crippen LogP contribution is -2.01. The fourth-order valence-corrected chi connectivity index (χ4v) is 1.95. The van der Waals surface area contributed by atoms with Gasteiger partial charge < -0.3 is 10.1 Å². The van der Waals surface area contributed by atoms with Crippen LogP contribution in [-0.4, -0.2) is 13.2 Å². The summed E-state index contributed by atoms with van der Waals surface area (Å²) in [6.45, 7) is 5.54. The molecule has 0 aliphatic heterocycles. The second-order valence-corrected chi connectivity index (χ2v) is 4.30. The van der Waals surface area contributed by atoms with E-state index in [1.165, 1.54) is 0 Å². The van der Waals surface area contributed by atoms with Crippen LogP contribution >= 0.6 is 23.2 Å². The highest BCUT2D eigenvalue weighted by Crippen LogP contribution is 2.35. The van der Waals surface area contributed by atoms with Crippen LogP contribution in [0.15, 0.2) is 12.1 Å². The Labute approximate surface area is 107 Å². The van der Waals surface area contributed by atoms with Gasteiger partial charge >= 0.3 is 0 Å². The first kappa shape index (κ1) is 13.5. The first-order valence-electron chi connectivity index (χ1n) is 5.54. The smallest absolute Gasteiger partial charge is 0.156 e. The molecule has 0 aromatic heterocycles. The average molecular weight is 262 g/mol. The van der Waals surface area contributed by atoms with Crippen LogP contribution in [0.5, 0.6) is 5.75 Å². The van der Waals surface area contributed by atoms with Crippen molar-refractivity contribution in [2.24, 2.45) is 0 Å². The number of unbranched alkanes of at least 4 members (excludes halogenated alkanes) is 1. The Balaban J connectivity index is 2.75. The van der Waals surface area contributed by atoms with Gasteiger partial charge in [-0.05, 0) is 25.5 Å². The van der Waals surface area contributed by atoms with E-state index in [-0.39, 0.29) is 0 Å². The van der Waals surface area contributed by atoms with Crippen molar-refractivity contribution in [1.29, 1.82) is 0 Å². The monoisotopic (exact) mass is 261 g/mol. The minimum atomic E-state index is 0.549. The Bertz CT molecular complexity index is 319. The predicted octanol–water partition coefficient (Wildman–Crippen LogP) is 4.60. The quantitative estimate of drug-likeness (QED) is 0.756. The third-order valence-corrected chi connectivity index (χ3v) is 2.71. The summed E-state index contributed by atoms with van der Waals surface area (Å²) in [6, 6.07) is 3.68. The summed E-state index contributed by atoms with van der Waals surface area (Å²) in [7, 11) is 0. The molecule has 1 aromatic rings. The van der Waals surface area contributed by atoms with Crippen molar-refractivity contribution in [2.75, 3.05) is 18.5 Å². The number of hydrogen-bond donors (Lipinski definition) is 1. The van der Waals surface area contributed by atoms with Gasteiger partial charge in [-0.15, -0.1) is 0 Å². The molecule has 2 nitrogen and oxygen atoms in total. The van der Waals surface area contributed by atoms with Crippen LogP contribution in [-0.2, 0) is 0 Å². The zero-order valence-corrected chi connectivity index (χ0v) is 11.2. The Kier molecular flexibility index (Phi) is 5.78. The molecular formula is C12H17Cl2NO. The third-order valence-electron chi connectivity index (χ3n) is 2.15. The highest BCUT2D eigenvalue weighted by atomic mass is 35.5. The van der Waals surface area contributed by atoms with Crippen LogP contribution in [0.25, 0.3) is 0 Å². The second kappa shape index (κ2) is 6.87. The molecule has 0 atom stereocenters. The van der Waals surface area contributed by atoms with E-state index in [0.717, 1.165) is 25.1 Å². The van der Waals surface area contributed by atoms with Crippen molar-refractivity contribution in [3.63, 3.8) is 0 Å². The van der Waals surface area contributed by atoms with E-state index in [2.05, 4.69) is 12.2 Å². The molecule has 0 unspecified atom stereocenters. The topological polar surface area (TPSA) is 21.3 Å². The third kappa shape index (κ3) is 3.76. The van der Waals surface area contributed by atoms with E-state index in [1.807, 2.05) is 19.1 Å². The summed E-state index contributed by atoms with van der Waals surface area (Å²) in [5.41, 5.74) is 0.937. The van der Waals surface area contributed by atoms with Gasteiger partial charge in [-0.25, -0.2) is 0 Å². The molecule has 4 heteroatoms. The van der Waals surface area contributed by atoms with Crippen LogP contribution in [0.1, 0.15) is 26.7 Å². The van der Waals surface area contributed by atoms with Crippen LogP contribution < -0.4 is 10.1 Å². The molecule has 0 saturated heterocycles. The van der Waals surface area contributed by atoms with E-state index >= 15 is 0 Å². The molecule has 90 valence electrons. The van der Waals surface area contributed by atoms with Gasteiger partial charge in [0.25, 0.3) is 0 Å². The first-order chi connectivity index (χ1) is 7.69. The molecule has 1 N–H and O–H groups in total. The molecule has 16 heavy (non-hydrogen) atoms. The van der Waals surface area contributed by atoms with Crippen LogP contribution in [0, 0.1) is 0 Å². The van der Waals surface area contributed by atoms with Crippen molar-refractivity contribution < 1.29 is 4.74 Å². The number of anilines is 1. The van der Waals surface area contributed by atoms with Gasteiger partial charge in [-0.3, -0.25) is 0 Å². The standard InChI is InChI=1S/C12H17Cl2NO/c1-3-5-6-15-9-7-10(13)12(16-4-2)11(14)8-9/h7-8,15H,3-6H2,1-2H3. The Morgan fingerprint density at radius 2 is 1.81 bits per heavy atom. The molecule has 0 aliphatic rings. The van der Waals surface area contributed by atoms with Crippen LogP contribution in [0.4, 0.5) is 5.69 Å². The summed E-state index contributed by atoms with van der Waals surface area (Å²) in [5.74, 6) is 0.562. The molecule has 0 radical (unpaired) electrons. The maximum absolute atomic E-state index is 6.08. The van der Waals surface area contributed by atoms with Gasteiger partial charge in [0.1, 0.15) is 0 Å². The Morgan fingerprint density at radius 3 is 2.31 bits per heavy atom. The molecule has 0 spiro atoms. The molecule has 0 fully saturated rings. The minimum Gasteiger partial charge on any atom is -0.491 e. The highest BCUT2D eigenvalue weighted by Gasteiger charge is 2.08. The number of halogens is 2. The van der Waals surface area contributed by atoms with E-state index in [1.54, 1.807) is 0 Å². The van der Waals surface area contributed by atoms with Crippen molar-refractivity contribution >= 4 is 28.9 Å². The molecule has 0 saturated carbocycles. The molecule has 1 aromatic carbocycles. The van der Waals surface area contributed by atoms with Gasteiger partial charge in [0, 0.05) is 12.2 Å². The molecule has 1 rings (SSSR count). The van der Waals surface area contributed by atoms with Gasteiger partial charge in [-0.2, -0.15) is 0 Å². The van der Waals surface area contributed by atoms with E-state index < -0.39 is 0 Å². The molecule has 0 amide bonds. The van der Waals surface area contributed by atoms with E-state index in [4.69, 9.17) is 27.9 Å².